The Kier molecular flexibility index (Phi) is 6.36. The van der Waals surface area contributed by atoms with Crippen molar-refractivity contribution in [3.8, 4) is 5.75 Å². The van der Waals surface area contributed by atoms with Gasteiger partial charge in [0, 0.05) is 5.02 Å². The molecule has 0 saturated carbocycles. The molecule has 1 amide bonds. The molecule has 0 aliphatic carbocycles. The topological polar surface area (TPSA) is 75.6 Å². The van der Waals surface area contributed by atoms with Crippen LogP contribution in [0.25, 0.3) is 0 Å². The number of hydrogen-bond acceptors (Lipinski definition) is 3. The molecule has 21 heavy (non-hydrogen) atoms. The number of carboxylic acids is 1. The lowest BCUT2D eigenvalue weighted by molar-refractivity contribution is -0.139. The van der Waals surface area contributed by atoms with E-state index in [-0.39, 0.29) is 22.8 Å². The van der Waals surface area contributed by atoms with Gasteiger partial charge in [0.25, 0.3) is 5.91 Å². The quantitative estimate of drug-likeness (QED) is 0.809. The highest BCUT2D eigenvalue weighted by Gasteiger charge is 2.23. The van der Waals surface area contributed by atoms with E-state index in [0.29, 0.717) is 6.42 Å². The van der Waals surface area contributed by atoms with Crippen LogP contribution in [-0.2, 0) is 4.79 Å². The third-order valence-electron chi connectivity index (χ3n) is 2.58. The first-order valence-corrected chi connectivity index (χ1v) is 6.51. The van der Waals surface area contributed by atoms with Gasteiger partial charge >= 0.3 is 12.6 Å². The Bertz CT molecular complexity index is 525. The van der Waals surface area contributed by atoms with E-state index in [2.05, 4.69) is 10.1 Å². The standard InChI is InChI=1S/C13H14ClF2NO4/c1-2-3-9(12(19)20)17-11(18)8-6-7(14)4-5-10(8)21-13(15)16/h4-6,9,13H,2-3H2,1H3,(H,17,18)(H,19,20). The number of carbonyl (C=O) groups excluding carboxylic acids is 1. The number of rotatable bonds is 7. The van der Waals surface area contributed by atoms with Crippen LogP contribution in [0.15, 0.2) is 18.2 Å². The van der Waals surface area contributed by atoms with Crippen molar-refractivity contribution in [3.63, 3.8) is 0 Å². The molecule has 5 nitrogen and oxygen atoms in total. The Labute approximate surface area is 124 Å². The maximum absolute atomic E-state index is 12.3. The molecule has 2 N–H and O–H groups in total. The first-order valence-electron chi connectivity index (χ1n) is 6.13. The highest BCUT2D eigenvalue weighted by molar-refractivity contribution is 6.31. The molecule has 8 heteroatoms. The second kappa shape index (κ2) is 7.78. The predicted molar refractivity (Wildman–Crippen MR) is 71.9 cm³/mol. The van der Waals surface area contributed by atoms with E-state index in [0.717, 1.165) is 12.1 Å². The van der Waals surface area contributed by atoms with Crippen molar-refractivity contribution in [2.24, 2.45) is 0 Å². The van der Waals surface area contributed by atoms with Gasteiger partial charge in [0.15, 0.2) is 0 Å². The average Bonchev–Trinajstić information content (AvgIpc) is 2.39. The minimum atomic E-state index is -3.11. The molecular formula is C13H14ClF2NO4. The summed E-state index contributed by atoms with van der Waals surface area (Å²) >= 11 is 5.72. The van der Waals surface area contributed by atoms with E-state index in [1.807, 2.05) is 0 Å². The number of halogens is 3. The third-order valence-corrected chi connectivity index (χ3v) is 2.82. The molecule has 0 aromatic heterocycles. The monoisotopic (exact) mass is 321 g/mol. The summed E-state index contributed by atoms with van der Waals surface area (Å²) in [6.07, 6.45) is 0.750. The SMILES string of the molecule is CCCC(NC(=O)c1cc(Cl)ccc1OC(F)F)C(=O)O. The minimum absolute atomic E-state index is 0.143. The highest BCUT2D eigenvalue weighted by Crippen LogP contribution is 2.24. The lowest BCUT2D eigenvalue weighted by Crippen LogP contribution is -2.40. The third kappa shape index (κ3) is 5.18. The van der Waals surface area contributed by atoms with Gasteiger partial charge in [-0.2, -0.15) is 8.78 Å². The first kappa shape index (κ1) is 17.2. The molecular weight excluding hydrogens is 308 g/mol. The molecule has 0 radical (unpaired) electrons. The molecule has 0 saturated heterocycles. The maximum atomic E-state index is 12.3. The van der Waals surface area contributed by atoms with Crippen LogP contribution in [0.4, 0.5) is 8.78 Å². The van der Waals surface area contributed by atoms with Gasteiger partial charge in [-0.05, 0) is 24.6 Å². The fourth-order valence-corrected chi connectivity index (χ4v) is 1.83. The minimum Gasteiger partial charge on any atom is -0.480 e. The van der Waals surface area contributed by atoms with Crippen molar-refractivity contribution in [1.29, 1.82) is 0 Å². The Morgan fingerprint density at radius 2 is 2.10 bits per heavy atom. The van der Waals surface area contributed by atoms with Crippen molar-refractivity contribution >= 4 is 23.5 Å². The lowest BCUT2D eigenvalue weighted by Gasteiger charge is -2.15. The predicted octanol–water partition coefficient (Wildman–Crippen LogP) is 2.92. The number of alkyl halides is 2. The van der Waals surface area contributed by atoms with Gasteiger partial charge in [-0.15, -0.1) is 0 Å². The molecule has 1 unspecified atom stereocenters. The van der Waals surface area contributed by atoms with Crippen molar-refractivity contribution in [1.82, 2.24) is 5.32 Å². The van der Waals surface area contributed by atoms with E-state index >= 15 is 0 Å². The van der Waals surface area contributed by atoms with Crippen molar-refractivity contribution in [2.45, 2.75) is 32.4 Å². The fourth-order valence-electron chi connectivity index (χ4n) is 1.66. The van der Waals surface area contributed by atoms with Gasteiger partial charge in [0.05, 0.1) is 5.56 Å². The Balaban J connectivity index is 2.99. The zero-order chi connectivity index (χ0) is 16.0. The van der Waals surface area contributed by atoms with Crippen molar-refractivity contribution < 1.29 is 28.2 Å². The van der Waals surface area contributed by atoms with Crippen LogP contribution in [0, 0.1) is 0 Å². The van der Waals surface area contributed by atoms with Crippen LogP contribution in [-0.4, -0.2) is 29.6 Å². The van der Waals surface area contributed by atoms with Crippen LogP contribution >= 0.6 is 11.6 Å². The zero-order valence-electron chi connectivity index (χ0n) is 11.1. The summed E-state index contributed by atoms with van der Waals surface area (Å²) in [6.45, 7) is -1.35. The second-order valence-electron chi connectivity index (χ2n) is 4.17. The summed E-state index contributed by atoms with van der Waals surface area (Å²) in [6, 6.07) is 2.44. The average molecular weight is 322 g/mol. The molecule has 0 heterocycles. The first-order chi connectivity index (χ1) is 9.85. The molecule has 1 aromatic carbocycles. The summed E-state index contributed by atoms with van der Waals surface area (Å²) in [5, 5.41) is 11.4. The van der Waals surface area contributed by atoms with Crippen LogP contribution in [0.3, 0.4) is 0 Å². The molecule has 1 rings (SSSR count). The number of aliphatic carboxylic acids is 1. The van der Waals surface area contributed by atoms with Gasteiger partial charge in [-0.25, -0.2) is 4.79 Å². The molecule has 0 aliphatic heterocycles. The largest absolute Gasteiger partial charge is 0.480 e. The highest BCUT2D eigenvalue weighted by atomic mass is 35.5. The van der Waals surface area contributed by atoms with Crippen LogP contribution in [0.2, 0.25) is 5.02 Å². The summed E-state index contributed by atoms with van der Waals surface area (Å²) in [5.41, 5.74) is -0.245. The van der Waals surface area contributed by atoms with E-state index in [9.17, 15) is 18.4 Å². The molecule has 0 aliphatic rings. The second-order valence-corrected chi connectivity index (χ2v) is 4.61. The number of benzene rings is 1. The van der Waals surface area contributed by atoms with Gasteiger partial charge in [-0.1, -0.05) is 24.9 Å². The number of carbonyl (C=O) groups is 2. The van der Waals surface area contributed by atoms with E-state index in [4.69, 9.17) is 16.7 Å². The number of ether oxygens (including phenoxy) is 1. The fraction of sp³-hybridized carbons (Fsp3) is 0.385. The van der Waals surface area contributed by atoms with Gasteiger partial charge < -0.3 is 15.2 Å². The normalized spacial score (nSPS) is 12.0. The number of hydrogen-bond donors (Lipinski definition) is 2. The van der Waals surface area contributed by atoms with Crippen molar-refractivity contribution in [3.05, 3.63) is 28.8 Å². The smallest absolute Gasteiger partial charge is 0.387 e. The molecule has 1 atom stereocenters. The molecule has 0 fully saturated rings. The Morgan fingerprint density at radius 3 is 2.62 bits per heavy atom. The van der Waals surface area contributed by atoms with Crippen LogP contribution < -0.4 is 10.1 Å². The van der Waals surface area contributed by atoms with E-state index in [1.54, 1.807) is 6.92 Å². The lowest BCUT2D eigenvalue weighted by atomic mass is 10.1. The summed E-state index contributed by atoms with van der Waals surface area (Å²) in [4.78, 5) is 23.0. The van der Waals surface area contributed by atoms with Crippen molar-refractivity contribution in [2.75, 3.05) is 0 Å². The molecule has 116 valence electrons. The van der Waals surface area contributed by atoms with Gasteiger partial charge in [0.1, 0.15) is 11.8 Å². The zero-order valence-corrected chi connectivity index (χ0v) is 11.9. The van der Waals surface area contributed by atoms with E-state index in [1.165, 1.54) is 6.07 Å². The van der Waals surface area contributed by atoms with E-state index < -0.39 is 24.5 Å². The summed E-state index contributed by atoms with van der Waals surface area (Å²) in [7, 11) is 0. The van der Waals surface area contributed by atoms with Gasteiger partial charge in [0.2, 0.25) is 0 Å². The number of nitrogens with one attached hydrogen (secondary N) is 1. The number of carboxylic acid groups (broad SMARTS) is 1. The maximum Gasteiger partial charge on any atom is 0.387 e. The summed E-state index contributed by atoms with van der Waals surface area (Å²) in [5.74, 6) is -2.41. The number of amides is 1. The van der Waals surface area contributed by atoms with Gasteiger partial charge in [-0.3, -0.25) is 4.79 Å². The Morgan fingerprint density at radius 1 is 1.43 bits per heavy atom. The summed E-state index contributed by atoms with van der Waals surface area (Å²) < 4.78 is 28.8. The molecule has 0 bridgehead atoms. The molecule has 1 aromatic rings. The Hall–Kier alpha value is -1.89. The van der Waals surface area contributed by atoms with Crippen LogP contribution in [0.1, 0.15) is 30.1 Å². The van der Waals surface area contributed by atoms with Crippen LogP contribution in [0.5, 0.6) is 5.75 Å². The molecule has 0 spiro atoms.